The Hall–Kier alpha value is -3.23. The molecule has 0 aliphatic heterocycles. The average Bonchev–Trinajstić information content (AvgIpc) is 3.49. The number of rotatable bonds is 9. The lowest BCUT2D eigenvalue weighted by Gasteiger charge is -2.13. The third-order valence-corrected chi connectivity index (χ3v) is 5.88. The van der Waals surface area contributed by atoms with Crippen molar-refractivity contribution < 1.29 is 14.4 Å². The Morgan fingerprint density at radius 2 is 2.13 bits per heavy atom. The fourth-order valence-corrected chi connectivity index (χ4v) is 4.23. The second-order valence-corrected chi connectivity index (χ2v) is 8.45. The number of carbonyl (C=O) groups excluding carboxylic acids is 1. The Labute approximate surface area is 183 Å². The van der Waals surface area contributed by atoms with Gasteiger partial charge in [-0.3, -0.25) is 4.79 Å². The maximum atomic E-state index is 12.9. The van der Waals surface area contributed by atoms with Crippen molar-refractivity contribution in [3.05, 3.63) is 65.3 Å². The number of aliphatic hydroxyl groups excluding tert-OH is 1. The first kappa shape index (κ1) is 21.0. The first-order valence-corrected chi connectivity index (χ1v) is 11.0. The van der Waals surface area contributed by atoms with Crippen molar-refractivity contribution in [2.75, 3.05) is 6.54 Å². The van der Waals surface area contributed by atoms with Gasteiger partial charge in [-0.25, -0.2) is 0 Å². The second kappa shape index (κ2) is 9.28. The van der Waals surface area contributed by atoms with Gasteiger partial charge in [0.1, 0.15) is 5.69 Å². The Bertz CT molecular complexity index is 1190. The van der Waals surface area contributed by atoms with Gasteiger partial charge in [-0.2, -0.15) is 0 Å². The van der Waals surface area contributed by atoms with Crippen LogP contribution in [-0.4, -0.2) is 39.1 Å². The molecular formula is C23H24N4O3S. The molecule has 0 radical (unpaired) electrons. The van der Waals surface area contributed by atoms with Crippen LogP contribution in [0.5, 0.6) is 0 Å². The summed E-state index contributed by atoms with van der Waals surface area (Å²) in [6.45, 7) is 2.30. The number of thiophene rings is 1. The molecule has 160 valence electrons. The molecular weight excluding hydrogens is 412 g/mol. The fraction of sp³-hybridized carbons (Fsp3) is 0.261. The number of aromatic nitrogens is 2. The highest BCUT2D eigenvalue weighted by atomic mass is 32.1. The van der Waals surface area contributed by atoms with Gasteiger partial charge in [0.2, 0.25) is 0 Å². The molecule has 7 nitrogen and oxygen atoms in total. The topological polar surface area (TPSA) is 104 Å². The number of benzene rings is 1. The average molecular weight is 437 g/mol. The van der Waals surface area contributed by atoms with E-state index in [0.717, 1.165) is 27.2 Å². The smallest absolute Gasteiger partial charge is 0.268 e. The van der Waals surface area contributed by atoms with Crippen LogP contribution in [-0.2, 0) is 13.0 Å². The monoisotopic (exact) mass is 436 g/mol. The number of para-hydroxylation sites is 1. The van der Waals surface area contributed by atoms with Gasteiger partial charge >= 0.3 is 0 Å². The van der Waals surface area contributed by atoms with E-state index < -0.39 is 6.10 Å². The molecule has 1 atom stereocenters. The molecule has 8 heteroatoms. The molecule has 1 amide bonds. The number of hydrogen-bond acceptors (Lipinski definition) is 6. The van der Waals surface area contributed by atoms with Gasteiger partial charge in [0.25, 0.3) is 5.91 Å². The number of carbonyl (C=O) groups is 1. The van der Waals surface area contributed by atoms with Gasteiger partial charge in [-0.05, 0) is 30.5 Å². The molecule has 0 saturated carbocycles. The third-order valence-electron chi connectivity index (χ3n) is 5.00. The van der Waals surface area contributed by atoms with Crippen LogP contribution >= 0.6 is 11.3 Å². The summed E-state index contributed by atoms with van der Waals surface area (Å²) in [5.41, 5.74) is 2.70. The van der Waals surface area contributed by atoms with Crippen LogP contribution in [0.15, 0.2) is 58.4 Å². The Kier molecular flexibility index (Phi) is 6.29. The molecule has 0 fully saturated rings. The normalized spacial score (nSPS) is 12.2. The molecule has 4 aromatic rings. The molecule has 3 N–H and O–H groups in total. The van der Waals surface area contributed by atoms with Gasteiger partial charge in [0.05, 0.1) is 16.7 Å². The van der Waals surface area contributed by atoms with Gasteiger partial charge in [0.15, 0.2) is 5.76 Å². The number of nitrogens with one attached hydrogen (secondary N) is 2. The number of aryl methyl sites for hydroxylation is 2. The molecule has 3 heterocycles. The molecule has 3 aromatic heterocycles. The lowest BCUT2D eigenvalue weighted by atomic mass is 10.2. The molecule has 0 spiro atoms. The summed E-state index contributed by atoms with van der Waals surface area (Å²) in [7, 11) is 0. The molecule has 0 aliphatic carbocycles. The Balaban J connectivity index is 1.51. The first-order valence-electron chi connectivity index (χ1n) is 10.1. The molecule has 1 unspecified atom stereocenters. The van der Waals surface area contributed by atoms with Gasteiger partial charge in [0, 0.05) is 48.6 Å². The van der Waals surface area contributed by atoms with Crippen LogP contribution in [0.4, 0.5) is 0 Å². The standard InChI is InChI=1S/C23H24N4O3S/c1-15(24)11-18(28)14-25-23(29)20-12-16-5-2-3-6-19(16)27(20)9-8-17-13-21(30-26-17)22-7-4-10-31-22/h2-7,10,12-13,18,24,28H,8-9,11,14H2,1H3,(H,25,29). The highest BCUT2D eigenvalue weighted by Gasteiger charge is 2.17. The van der Waals surface area contributed by atoms with E-state index in [4.69, 9.17) is 9.93 Å². The van der Waals surface area contributed by atoms with Crippen LogP contribution in [0.3, 0.4) is 0 Å². The minimum absolute atomic E-state index is 0.101. The Morgan fingerprint density at radius 3 is 2.90 bits per heavy atom. The number of aliphatic hydroxyl groups is 1. The van der Waals surface area contributed by atoms with Gasteiger partial charge in [-0.1, -0.05) is 29.4 Å². The van der Waals surface area contributed by atoms with Crippen LogP contribution < -0.4 is 5.32 Å². The largest absolute Gasteiger partial charge is 0.391 e. The molecule has 4 rings (SSSR count). The van der Waals surface area contributed by atoms with E-state index in [-0.39, 0.29) is 18.9 Å². The summed E-state index contributed by atoms with van der Waals surface area (Å²) in [6, 6.07) is 15.6. The second-order valence-electron chi connectivity index (χ2n) is 7.50. The number of hydrogen-bond donors (Lipinski definition) is 3. The quantitative estimate of drug-likeness (QED) is 0.343. The van der Waals surface area contributed by atoms with E-state index in [1.165, 1.54) is 0 Å². The highest BCUT2D eigenvalue weighted by Crippen LogP contribution is 2.26. The van der Waals surface area contributed by atoms with E-state index >= 15 is 0 Å². The number of amides is 1. The van der Waals surface area contributed by atoms with Crippen molar-refractivity contribution in [3.63, 3.8) is 0 Å². The third kappa shape index (κ3) is 4.92. The maximum Gasteiger partial charge on any atom is 0.268 e. The molecule has 0 saturated heterocycles. The zero-order chi connectivity index (χ0) is 21.8. The highest BCUT2D eigenvalue weighted by molar-refractivity contribution is 7.13. The van der Waals surface area contributed by atoms with Crippen LogP contribution in [0.2, 0.25) is 0 Å². The minimum Gasteiger partial charge on any atom is -0.391 e. The molecule has 0 aliphatic rings. The predicted octanol–water partition coefficient (Wildman–Crippen LogP) is 4.12. The van der Waals surface area contributed by atoms with Crippen molar-refractivity contribution in [2.45, 2.75) is 32.4 Å². The summed E-state index contributed by atoms with van der Waals surface area (Å²) in [6.07, 6.45) is 0.0796. The van der Waals surface area contributed by atoms with Crippen molar-refractivity contribution >= 4 is 33.9 Å². The summed E-state index contributed by atoms with van der Waals surface area (Å²) >= 11 is 1.60. The maximum absolute atomic E-state index is 12.9. The SMILES string of the molecule is CC(=N)CC(O)CNC(=O)c1cc2ccccc2n1CCc1cc(-c2cccs2)on1. The van der Waals surface area contributed by atoms with Crippen molar-refractivity contribution in [2.24, 2.45) is 0 Å². The Morgan fingerprint density at radius 1 is 1.29 bits per heavy atom. The van der Waals surface area contributed by atoms with E-state index in [9.17, 15) is 9.90 Å². The van der Waals surface area contributed by atoms with Crippen LogP contribution in [0.25, 0.3) is 21.5 Å². The molecule has 31 heavy (non-hydrogen) atoms. The molecule has 0 bridgehead atoms. The fourth-order valence-electron chi connectivity index (χ4n) is 3.56. The summed E-state index contributed by atoms with van der Waals surface area (Å²) in [5, 5.41) is 27.4. The van der Waals surface area contributed by atoms with Crippen molar-refractivity contribution in [3.8, 4) is 10.6 Å². The van der Waals surface area contributed by atoms with Gasteiger partial charge < -0.3 is 24.9 Å². The van der Waals surface area contributed by atoms with Gasteiger partial charge in [-0.15, -0.1) is 11.3 Å². The van der Waals surface area contributed by atoms with E-state index in [2.05, 4.69) is 10.5 Å². The summed E-state index contributed by atoms with van der Waals surface area (Å²) < 4.78 is 7.44. The van der Waals surface area contributed by atoms with E-state index in [0.29, 0.717) is 24.4 Å². The predicted molar refractivity (Wildman–Crippen MR) is 122 cm³/mol. The van der Waals surface area contributed by atoms with Crippen LogP contribution in [0.1, 0.15) is 29.5 Å². The zero-order valence-electron chi connectivity index (χ0n) is 17.2. The van der Waals surface area contributed by atoms with Crippen molar-refractivity contribution in [1.29, 1.82) is 5.41 Å². The zero-order valence-corrected chi connectivity index (χ0v) is 18.0. The minimum atomic E-state index is -0.773. The first-order chi connectivity index (χ1) is 15.0. The molecule has 1 aromatic carbocycles. The number of fused-ring (bicyclic) bond motifs is 1. The number of nitrogens with zero attached hydrogens (tertiary/aromatic N) is 2. The lowest BCUT2D eigenvalue weighted by Crippen LogP contribution is -2.34. The lowest BCUT2D eigenvalue weighted by molar-refractivity contribution is 0.0910. The van der Waals surface area contributed by atoms with E-state index in [1.807, 2.05) is 58.5 Å². The van der Waals surface area contributed by atoms with Crippen LogP contribution in [0, 0.1) is 5.41 Å². The summed E-state index contributed by atoms with van der Waals surface area (Å²) in [5.74, 6) is 0.494. The summed E-state index contributed by atoms with van der Waals surface area (Å²) in [4.78, 5) is 13.9. The van der Waals surface area contributed by atoms with Crippen molar-refractivity contribution in [1.82, 2.24) is 15.0 Å². The van der Waals surface area contributed by atoms with E-state index in [1.54, 1.807) is 18.3 Å².